The number of hydrogen-bond acceptors (Lipinski definition) is 2. The summed E-state index contributed by atoms with van der Waals surface area (Å²) >= 11 is 5.90. The lowest BCUT2D eigenvalue weighted by atomic mass is 9.91. The number of likely N-dealkylation sites (tertiary alicyclic amines) is 1. The summed E-state index contributed by atoms with van der Waals surface area (Å²) in [5, 5.41) is 9.66. The first kappa shape index (κ1) is 14.9. The number of nitrogens with zero attached hydrogens (tertiary/aromatic N) is 1. The van der Waals surface area contributed by atoms with Gasteiger partial charge in [-0.1, -0.05) is 11.6 Å². The van der Waals surface area contributed by atoms with Gasteiger partial charge in [0.05, 0.1) is 5.92 Å². The molecular weight excluding hydrogens is 278 g/mol. The molecule has 5 heteroatoms. The number of carboxylic acid groups (broad SMARTS) is 1. The lowest BCUT2D eigenvalue weighted by Gasteiger charge is -2.36. The van der Waals surface area contributed by atoms with Gasteiger partial charge in [-0.05, 0) is 50.5 Å². The zero-order chi connectivity index (χ0) is 14.9. The molecule has 1 aliphatic heterocycles. The predicted molar refractivity (Wildman–Crippen MR) is 77.0 cm³/mol. The van der Waals surface area contributed by atoms with Gasteiger partial charge < -0.3 is 10.0 Å². The molecule has 1 saturated heterocycles. The number of piperidine rings is 1. The number of aliphatic carboxylic acids is 1. The Kier molecular flexibility index (Phi) is 4.33. The zero-order valence-electron chi connectivity index (χ0n) is 11.6. The molecule has 2 rings (SSSR count). The van der Waals surface area contributed by atoms with Crippen molar-refractivity contribution in [2.24, 2.45) is 5.92 Å². The van der Waals surface area contributed by atoms with Crippen LogP contribution >= 0.6 is 11.6 Å². The first-order valence-corrected chi connectivity index (χ1v) is 7.08. The van der Waals surface area contributed by atoms with Crippen molar-refractivity contribution in [1.29, 1.82) is 0 Å². The van der Waals surface area contributed by atoms with E-state index in [4.69, 9.17) is 16.7 Å². The molecule has 0 aliphatic carbocycles. The van der Waals surface area contributed by atoms with Crippen molar-refractivity contribution in [1.82, 2.24) is 4.90 Å². The van der Waals surface area contributed by atoms with Crippen LogP contribution in [0.3, 0.4) is 0 Å². The summed E-state index contributed by atoms with van der Waals surface area (Å²) in [6.07, 6.45) is 1.02. The van der Waals surface area contributed by atoms with E-state index in [0.717, 1.165) is 5.56 Å². The Balaban J connectivity index is 2.16. The Labute approximate surface area is 123 Å². The fourth-order valence-electron chi connectivity index (χ4n) is 2.72. The smallest absolute Gasteiger partial charge is 0.306 e. The second-order valence-corrected chi connectivity index (χ2v) is 5.80. The summed E-state index contributed by atoms with van der Waals surface area (Å²) in [5.74, 6) is -1.16. The van der Waals surface area contributed by atoms with Crippen LogP contribution in [0.1, 0.15) is 35.7 Å². The van der Waals surface area contributed by atoms with Crippen LogP contribution in [0.5, 0.6) is 0 Å². The minimum Gasteiger partial charge on any atom is -0.481 e. The number of benzene rings is 1. The van der Waals surface area contributed by atoms with Crippen molar-refractivity contribution in [2.45, 2.75) is 32.7 Å². The Hall–Kier alpha value is -1.55. The molecule has 0 radical (unpaired) electrons. The highest BCUT2D eigenvalue weighted by molar-refractivity contribution is 6.30. The molecule has 4 nitrogen and oxygen atoms in total. The Morgan fingerprint density at radius 2 is 2.10 bits per heavy atom. The van der Waals surface area contributed by atoms with Gasteiger partial charge in [-0.15, -0.1) is 0 Å². The molecule has 1 amide bonds. The third-order valence-corrected chi connectivity index (χ3v) is 4.14. The summed E-state index contributed by atoms with van der Waals surface area (Å²) in [6, 6.07) is 5.14. The third kappa shape index (κ3) is 2.96. The summed E-state index contributed by atoms with van der Waals surface area (Å²) in [5.41, 5.74) is 1.48. The molecule has 0 saturated carbocycles. The molecule has 20 heavy (non-hydrogen) atoms. The summed E-state index contributed by atoms with van der Waals surface area (Å²) < 4.78 is 0. The number of carbonyl (C=O) groups excluding carboxylic acids is 1. The quantitative estimate of drug-likeness (QED) is 0.912. The van der Waals surface area contributed by atoms with E-state index in [1.54, 1.807) is 23.1 Å². The third-order valence-electron chi connectivity index (χ3n) is 3.91. The number of hydrogen-bond donors (Lipinski definition) is 1. The molecule has 0 spiro atoms. The maximum atomic E-state index is 12.6. The van der Waals surface area contributed by atoms with Crippen LogP contribution in [0.4, 0.5) is 0 Å². The largest absolute Gasteiger partial charge is 0.481 e. The molecule has 1 aromatic rings. The van der Waals surface area contributed by atoms with Crippen molar-refractivity contribution >= 4 is 23.5 Å². The Bertz CT molecular complexity index is 544. The molecule has 0 aromatic heterocycles. The van der Waals surface area contributed by atoms with Gasteiger partial charge in [0.1, 0.15) is 0 Å². The fraction of sp³-hybridized carbons (Fsp3) is 0.467. The topological polar surface area (TPSA) is 57.6 Å². The normalized spacial score (nSPS) is 22.6. The fourth-order valence-corrected chi connectivity index (χ4v) is 2.95. The van der Waals surface area contributed by atoms with E-state index in [1.807, 2.05) is 13.8 Å². The number of amides is 1. The van der Waals surface area contributed by atoms with E-state index in [9.17, 15) is 9.59 Å². The van der Waals surface area contributed by atoms with E-state index in [2.05, 4.69) is 0 Å². The first-order valence-electron chi connectivity index (χ1n) is 6.70. The molecule has 1 fully saturated rings. The summed E-state index contributed by atoms with van der Waals surface area (Å²) in [4.78, 5) is 25.3. The van der Waals surface area contributed by atoms with Crippen LogP contribution in [-0.2, 0) is 4.79 Å². The maximum absolute atomic E-state index is 12.6. The van der Waals surface area contributed by atoms with Crippen molar-refractivity contribution in [2.75, 3.05) is 6.54 Å². The van der Waals surface area contributed by atoms with Gasteiger partial charge in [0.2, 0.25) is 0 Å². The van der Waals surface area contributed by atoms with E-state index in [0.29, 0.717) is 30.0 Å². The number of carbonyl (C=O) groups is 2. The number of carboxylic acids is 1. The standard InChI is InChI=1S/C15H18ClNO3/c1-9-7-12(16)3-4-13(9)14(18)17-6-5-11(15(19)20)8-10(17)2/h3-4,7,10-11H,5-6,8H2,1-2H3,(H,19,20). The first-order chi connectivity index (χ1) is 9.40. The highest BCUT2D eigenvalue weighted by Gasteiger charge is 2.32. The van der Waals surface area contributed by atoms with E-state index >= 15 is 0 Å². The molecule has 1 heterocycles. The molecule has 0 bridgehead atoms. The van der Waals surface area contributed by atoms with Gasteiger partial charge >= 0.3 is 5.97 Å². The minimum absolute atomic E-state index is 0.0458. The Morgan fingerprint density at radius 1 is 1.40 bits per heavy atom. The lowest BCUT2D eigenvalue weighted by molar-refractivity contribution is -0.143. The number of aryl methyl sites for hydroxylation is 1. The van der Waals surface area contributed by atoms with Crippen LogP contribution in [0, 0.1) is 12.8 Å². The van der Waals surface area contributed by atoms with Crippen LogP contribution in [0.2, 0.25) is 5.02 Å². The zero-order valence-corrected chi connectivity index (χ0v) is 12.4. The van der Waals surface area contributed by atoms with Gasteiger partial charge in [-0.3, -0.25) is 9.59 Å². The van der Waals surface area contributed by atoms with E-state index in [-0.39, 0.29) is 17.9 Å². The average Bonchev–Trinajstić information content (AvgIpc) is 2.37. The molecule has 1 N–H and O–H groups in total. The molecular formula is C15H18ClNO3. The summed E-state index contributed by atoms with van der Waals surface area (Å²) in [6.45, 7) is 4.24. The Morgan fingerprint density at radius 3 is 2.65 bits per heavy atom. The maximum Gasteiger partial charge on any atom is 0.306 e. The molecule has 108 valence electrons. The van der Waals surface area contributed by atoms with Gasteiger partial charge in [0.15, 0.2) is 0 Å². The molecule has 1 aromatic carbocycles. The van der Waals surface area contributed by atoms with Gasteiger partial charge in [0.25, 0.3) is 5.91 Å². The SMILES string of the molecule is Cc1cc(Cl)ccc1C(=O)N1CCC(C(=O)O)CC1C. The van der Waals surface area contributed by atoms with Crippen LogP contribution in [0.25, 0.3) is 0 Å². The molecule has 2 unspecified atom stereocenters. The average molecular weight is 296 g/mol. The highest BCUT2D eigenvalue weighted by Crippen LogP contribution is 2.26. The monoisotopic (exact) mass is 295 g/mol. The van der Waals surface area contributed by atoms with Crippen molar-refractivity contribution in [3.63, 3.8) is 0 Å². The van der Waals surface area contributed by atoms with Gasteiger partial charge in [-0.25, -0.2) is 0 Å². The van der Waals surface area contributed by atoms with Crippen LogP contribution in [-0.4, -0.2) is 34.5 Å². The van der Waals surface area contributed by atoms with E-state index in [1.165, 1.54) is 0 Å². The molecule has 1 aliphatic rings. The molecule has 2 atom stereocenters. The second kappa shape index (κ2) is 5.83. The van der Waals surface area contributed by atoms with Crippen molar-refractivity contribution < 1.29 is 14.7 Å². The van der Waals surface area contributed by atoms with Crippen LogP contribution in [0.15, 0.2) is 18.2 Å². The summed E-state index contributed by atoms with van der Waals surface area (Å²) in [7, 11) is 0. The van der Waals surface area contributed by atoms with Crippen molar-refractivity contribution in [3.05, 3.63) is 34.3 Å². The number of rotatable bonds is 2. The van der Waals surface area contributed by atoms with Gasteiger partial charge in [-0.2, -0.15) is 0 Å². The van der Waals surface area contributed by atoms with Crippen LogP contribution < -0.4 is 0 Å². The minimum atomic E-state index is -0.772. The van der Waals surface area contributed by atoms with Gasteiger partial charge in [0, 0.05) is 23.2 Å². The second-order valence-electron chi connectivity index (χ2n) is 5.37. The lowest BCUT2D eigenvalue weighted by Crippen LogP contribution is -2.46. The van der Waals surface area contributed by atoms with Crippen molar-refractivity contribution in [3.8, 4) is 0 Å². The number of halogens is 1. The predicted octanol–water partition coefficient (Wildman–Crippen LogP) is 2.97. The van der Waals surface area contributed by atoms with E-state index < -0.39 is 5.97 Å². The highest BCUT2D eigenvalue weighted by atomic mass is 35.5.